The molecule has 1 N–H and O–H groups in total. The Morgan fingerprint density at radius 1 is 0.765 bits per heavy atom. The maximum atomic E-state index is 12.4. The topological polar surface area (TPSA) is 20.2 Å². The molecule has 0 aromatic rings. The second-order valence-electron chi connectivity index (χ2n) is 2.68. The van der Waals surface area contributed by atoms with Gasteiger partial charge < -0.3 is 5.11 Å². The smallest absolute Gasteiger partial charge is 0.384 e. The van der Waals surface area contributed by atoms with E-state index in [4.69, 9.17) is 5.11 Å². The monoisotopic (exact) mass is 274 g/mol. The van der Waals surface area contributed by atoms with Crippen LogP contribution in [0.2, 0.25) is 0 Å². The number of halogens is 9. The van der Waals surface area contributed by atoms with Gasteiger partial charge in [0.1, 0.15) is 6.61 Å². The van der Waals surface area contributed by atoms with Crippen molar-refractivity contribution in [2.45, 2.75) is 23.9 Å². The van der Waals surface area contributed by atoms with Gasteiger partial charge in [-0.3, -0.25) is 0 Å². The van der Waals surface area contributed by atoms with Crippen LogP contribution in [-0.4, -0.2) is 35.7 Å². The van der Waals surface area contributed by atoms with Crippen molar-refractivity contribution < 1.29 is 44.6 Å². The summed E-state index contributed by atoms with van der Waals surface area (Å²) in [5, 5.41) is 7.90. The molecule has 17 heavy (non-hydrogen) atoms. The molecular formula is C7H3F9O. The van der Waals surface area contributed by atoms with Gasteiger partial charge in [0.2, 0.25) is 0 Å². The Balaban J connectivity index is 5.55. The Morgan fingerprint density at radius 3 is 1.47 bits per heavy atom. The zero-order valence-electron chi connectivity index (χ0n) is 7.56. The number of rotatable bonds is 2. The summed E-state index contributed by atoms with van der Waals surface area (Å²) in [6, 6.07) is 0. The lowest BCUT2D eigenvalue weighted by molar-refractivity contribution is -0.386. The van der Waals surface area contributed by atoms with Crippen molar-refractivity contribution in [2.24, 2.45) is 0 Å². The summed E-state index contributed by atoms with van der Waals surface area (Å²) in [5.41, 5.74) is 0. The van der Waals surface area contributed by atoms with Gasteiger partial charge in [0.15, 0.2) is 0 Å². The number of aliphatic hydroxyl groups is 1. The molecule has 0 atom stereocenters. The van der Waals surface area contributed by atoms with Gasteiger partial charge in [-0.25, -0.2) is 0 Å². The first-order valence-corrected chi connectivity index (χ1v) is 3.62. The highest BCUT2D eigenvalue weighted by atomic mass is 19.4. The van der Waals surface area contributed by atoms with E-state index in [-0.39, 0.29) is 5.92 Å². The molecule has 10 heteroatoms. The lowest BCUT2D eigenvalue weighted by atomic mass is 10.0. The Morgan fingerprint density at radius 2 is 1.18 bits per heavy atom. The average Bonchev–Trinajstić information content (AvgIpc) is 2.12. The first-order valence-electron chi connectivity index (χ1n) is 3.62. The van der Waals surface area contributed by atoms with Gasteiger partial charge in [0, 0.05) is 0 Å². The van der Waals surface area contributed by atoms with E-state index in [1.807, 2.05) is 0 Å². The molecule has 0 spiro atoms. The predicted molar refractivity (Wildman–Crippen MR) is 35.8 cm³/mol. The Kier molecular flexibility index (Phi) is 4.01. The molecule has 0 saturated heterocycles. The number of hydrogen-bond acceptors (Lipinski definition) is 1. The third kappa shape index (κ3) is 2.59. The Hall–Kier alpha value is -1.11. The quantitative estimate of drug-likeness (QED) is 0.605. The van der Waals surface area contributed by atoms with E-state index >= 15 is 0 Å². The molecule has 0 rings (SSSR count). The van der Waals surface area contributed by atoms with Crippen molar-refractivity contribution in [2.75, 3.05) is 6.61 Å². The molecule has 0 aliphatic heterocycles. The maximum Gasteiger partial charge on any atom is 0.460 e. The predicted octanol–water partition coefficient (Wildman–Crippen LogP) is 2.45. The maximum absolute atomic E-state index is 12.4. The van der Waals surface area contributed by atoms with Crippen LogP contribution < -0.4 is 0 Å². The second-order valence-corrected chi connectivity index (χ2v) is 2.68. The molecule has 0 amide bonds. The molecule has 0 saturated carbocycles. The molecule has 0 aromatic heterocycles. The van der Waals surface area contributed by atoms with Gasteiger partial charge in [-0.05, 0) is 5.92 Å². The van der Waals surface area contributed by atoms with Crippen molar-refractivity contribution in [3.05, 3.63) is 0 Å². The van der Waals surface area contributed by atoms with E-state index in [0.29, 0.717) is 0 Å². The van der Waals surface area contributed by atoms with Crippen LogP contribution in [0.25, 0.3) is 0 Å². The van der Waals surface area contributed by atoms with E-state index in [2.05, 4.69) is 0 Å². The van der Waals surface area contributed by atoms with Crippen LogP contribution in [0.15, 0.2) is 0 Å². The minimum Gasteiger partial charge on any atom is -0.384 e. The van der Waals surface area contributed by atoms with Crippen LogP contribution >= 0.6 is 0 Å². The lowest BCUT2D eigenvalue weighted by Crippen LogP contribution is -2.60. The van der Waals surface area contributed by atoms with E-state index in [9.17, 15) is 39.5 Å². The highest BCUT2D eigenvalue weighted by molar-refractivity contribution is 5.18. The Labute approximate surface area is 88.2 Å². The third-order valence-corrected chi connectivity index (χ3v) is 1.47. The van der Waals surface area contributed by atoms with Crippen LogP contribution in [0.3, 0.4) is 0 Å². The normalized spacial score (nSPS) is 14.2. The van der Waals surface area contributed by atoms with Crippen molar-refractivity contribution in [1.29, 1.82) is 0 Å². The molecule has 0 aliphatic carbocycles. The SMILES string of the molecule is OCC#CC(F)(F)C(F)(F)C(F)(F)C(F)(F)F. The number of alkyl halides is 9. The summed E-state index contributed by atoms with van der Waals surface area (Å²) < 4.78 is 108. The minimum atomic E-state index is -6.95. The van der Waals surface area contributed by atoms with Crippen LogP contribution in [0.4, 0.5) is 39.5 Å². The zero-order valence-corrected chi connectivity index (χ0v) is 7.56. The fraction of sp³-hybridized carbons (Fsp3) is 0.714. The summed E-state index contributed by atoms with van der Waals surface area (Å²) in [5.74, 6) is -18.6. The fourth-order valence-electron chi connectivity index (χ4n) is 0.604. The number of aliphatic hydroxyl groups excluding tert-OH is 1. The molecule has 0 aromatic carbocycles. The van der Waals surface area contributed by atoms with Gasteiger partial charge >= 0.3 is 23.9 Å². The largest absolute Gasteiger partial charge is 0.460 e. The van der Waals surface area contributed by atoms with Gasteiger partial charge in [0.25, 0.3) is 0 Å². The highest BCUT2D eigenvalue weighted by Gasteiger charge is 2.81. The molecule has 0 unspecified atom stereocenters. The van der Waals surface area contributed by atoms with Gasteiger partial charge in [-0.2, -0.15) is 39.5 Å². The number of hydrogen-bond donors (Lipinski definition) is 1. The zero-order chi connectivity index (χ0) is 14.1. The van der Waals surface area contributed by atoms with Crippen LogP contribution in [0, 0.1) is 11.8 Å². The van der Waals surface area contributed by atoms with Gasteiger partial charge in [-0.15, -0.1) is 0 Å². The minimum absolute atomic E-state index is 0.164. The fourth-order valence-corrected chi connectivity index (χ4v) is 0.604. The average molecular weight is 274 g/mol. The van der Waals surface area contributed by atoms with Gasteiger partial charge in [-0.1, -0.05) is 5.92 Å². The van der Waals surface area contributed by atoms with Crippen molar-refractivity contribution >= 4 is 0 Å². The first-order chi connectivity index (χ1) is 7.31. The van der Waals surface area contributed by atoms with E-state index in [1.54, 1.807) is 0 Å². The molecular weight excluding hydrogens is 271 g/mol. The highest BCUT2D eigenvalue weighted by Crippen LogP contribution is 2.52. The standard InChI is InChI=1S/C7H3F9O/c8-4(9,2-1-3-17)5(10,11)6(12,13)7(14,15)16/h17H,3H2. The van der Waals surface area contributed by atoms with Crippen molar-refractivity contribution in [3.8, 4) is 11.8 Å². The van der Waals surface area contributed by atoms with Crippen LogP contribution in [0.1, 0.15) is 0 Å². The third-order valence-electron chi connectivity index (χ3n) is 1.47. The Bertz CT molecular complexity index is 331. The molecule has 100 valence electrons. The van der Waals surface area contributed by atoms with E-state index < -0.39 is 30.6 Å². The van der Waals surface area contributed by atoms with Gasteiger partial charge in [0.05, 0.1) is 0 Å². The molecule has 1 nitrogen and oxygen atoms in total. The molecule has 0 heterocycles. The summed E-state index contributed by atoms with van der Waals surface area (Å²) in [4.78, 5) is 0. The summed E-state index contributed by atoms with van der Waals surface area (Å²) in [6.07, 6.45) is -6.86. The molecule has 0 bridgehead atoms. The van der Waals surface area contributed by atoms with Crippen molar-refractivity contribution in [1.82, 2.24) is 0 Å². The summed E-state index contributed by atoms with van der Waals surface area (Å²) >= 11 is 0. The van der Waals surface area contributed by atoms with Crippen LogP contribution in [-0.2, 0) is 0 Å². The van der Waals surface area contributed by atoms with E-state index in [0.717, 1.165) is 5.92 Å². The summed E-state index contributed by atoms with van der Waals surface area (Å²) in [7, 11) is 0. The summed E-state index contributed by atoms with van der Waals surface area (Å²) in [6.45, 7) is -1.40. The second kappa shape index (κ2) is 4.29. The molecule has 0 fully saturated rings. The first kappa shape index (κ1) is 15.9. The van der Waals surface area contributed by atoms with E-state index in [1.165, 1.54) is 0 Å². The van der Waals surface area contributed by atoms with Crippen molar-refractivity contribution in [3.63, 3.8) is 0 Å². The van der Waals surface area contributed by atoms with Crippen LogP contribution in [0.5, 0.6) is 0 Å². The lowest BCUT2D eigenvalue weighted by Gasteiger charge is -2.31. The molecule has 0 aliphatic rings. The molecule has 0 radical (unpaired) electrons.